The van der Waals surface area contributed by atoms with Gasteiger partial charge in [0, 0.05) is 37.3 Å². The minimum atomic E-state index is -0.902. The van der Waals surface area contributed by atoms with E-state index in [0.29, 0.717) is 11.6 Å². The predicted octanol–water partition coefficient (Wildman–Crippen LogP) is 3.69. The first-order valence-corrected chi connectivity index (χ1v) is 13.4. The number of benzene rings is 1. The summed E-state index contributed by atoms with van der Waals surface area (Å²) in [7, 11) is 4.13. The molecule has 0 spiro atoms. The van der Waals surface area contributed by atoms with Gasteiger partial charge >= 0.3 is 6.09 Å². The van der Waals surface area contributed by atoms with Crippen LogP contribution < -0.4 is 10.2 Å². The number of hydrogen-bond acceptors (Lipinski definition) is 6. The summed E-state index contributed by atoms with van der Waals surface area (Å²) in [6.07, 6.45) is 4.21. The molecule has 37 heavy (non-hydrogen) atoms. The van der Waals surface area contributed by atoms with Crippen LogP contribution in [0, 0.1) is 23.1 Å². The minimum absolute atomic E-state index is 0.0250. The van der Waals surface area contributed by atoms with Gasteiger partial charge in [0.15, 0.2) is 0 Å². The first-order valence-electron chi connectivity index (χ1n) is 13.4. The molecule has 0 aromatic heterocycles. The van der Waals surface area contributed by atoms with Crippen LogP contribution in [0.3, 0.4) is 0 Å². The molecule has 4 rings (SSSR count). The summed E-state index contributed by atoms with van der Waals surface area (Å²) in [6.45, 7) is 7.13. The highest BCUT2D eigenvalue weighted by Crippen LogP contribution is 2.43. The van der Waals surface area contributed by atoms with E-state index in [-0.39, 0.29) is 30.1 Å². The van der Waals surface area contributed by atoms with Crippen LogP contribution in [-0.4, -0.2) is 78.8 Å². The highest BCUT2D eigenvalue weighted by molar-refractivity contribution is 5.87. The van der Waals surface area contributed by atoms with Gasteiger partial charge in [-0.1, -0.05) is 6.07 Å². The number of nitrogens with zero attached hydrogens (tertiary/aromatic N) is 4. The molecule has 9 heteroatoms. The van der Waals surface area contributed by atoms with E-state index in [0.717, 1.165) is 50.9 Å². The zero-order valence-corrected chi connectivity index (χ0v) is 22.7. The molecule has 2 aliphatic heterocycles. The highest BCUT2D eigenvalue weighted by atomic mass is 19.1. The third-order valence-corrected chi connectivity index (χ3v) is 7.88. The zero-order chi connectivity index (χ0) is 26.9. The van der Waals surface area contributed by atoms with E-state index in [1.165, 1.54) is 6.07 Å². The Morgan fingerprint density at radius 3 is 2.68 bits per heavy atom. The van der Waals surface area contributed by atoms with Crippen LogP contribution in [0.4, 0.5) is 14.9 Å². The summed E-state index contributed by atoms with van der Waals surface area (Å²) in [6, 6.07) is 6.08. The fraction of sp³-hybridized carbons (Fsp3) is 0.679. The molecule has 8 nitrogen and oxygen atoms in total. The summed E-state index contributed by atoms with van der Waals surface area (Å²) in [4.78, 5) is 32.1. The van der Waals surface area contributed by atoms with Crippen molar-refractivity contribution in [1.29, 1.82) is 5.26 Å². The molecule has 2 saturated heterocycles. The molecule has 5 atom stereocenters. The van der Waals surface area contributed by atoms with Crippen LogP contribution in [0.1, 0.15) is 58.4 Å². The summed E-state index contributed by atoms with van der Waals surface area (Å²) < 4.78 is 20.7. The van der Waals surface area contributed by atoms with Gasteiger partial charge < -0.3 is 19.9 Å². The average Bonchev–Trinajstić information content (AvgIpc) is 3.45. The van der Waals surface area contributed by atoms with Crippen molar-refractivity contribution in [2.75, 3.05) is 32.1 Å². The Balaban J connectivity index is 1.41. The third kappa shape index (κ3) is 6.18. The number of carbonyl (C=O) groups is 2. The first-order chi connectivity index (χ1) is 17.5. The predicted molar refractivity (Wildman–Crippen MR) is 140 cm³/mol. The molecular weight excluding hydrogens is 473 g/mol. The normalized spacial score (nSPS) is 26.2. The van der Waals surface area contributed by atoms with Gasteiger partial charge in [0.05, 0.1) is 6.07 Å². The van der Waals surface area contributed by atoms with Crippen molar-refractivity contribution in [2.24, 2.45) is 5.92 Å². The maximum atomic E-state index is 15.1. The minimum Gasteiger partial charge on any atom is -0.444 e. The lowest BCUT2D eigenvalue weighted by Gasteiger charge is -2.37. The van der Waals surface area contributed by atoms with Crippen LogP contribution in [-0.2, 0) is 16.0 Å². The average molecular weight is 514 g/mol. The fourth-order valence-electron chi connectivity index (χ4n) is 6.02. The van der Waals surface area contributed by atoms with Crippen LogP contribution in [0.2, 0.25) is 0 Å². The monoisotopic (exact) mass is 513 g/mol. The fourth-order valence-corrected chi connectivity index (χ4v) is 6.02. The first kappa shape index (κ1) is 27.2. The lowest BCUT2D eigenvalue weighted by Crippen LogP contribution is -2.55. The quantitative estimate of drug-likeness (QED) is 0.624. The number of likely N-dealkylation sites (tertiary alicyclic amines) is 1. The van der Waals surface area contributed by atoms with E-state index >= 15 is 4.39 Å². The Morgan fingerprint density at radius 2 is 2.03 bits per heavy atom. The SMILES string of the molecule is CN(C)C1CCCN(c2ccc(C[C@@H](C#N)NC(=O)[C@@H]3[C@H]4CC[C@H](C4)N3C(=O)OC(C)(C)C)c(F)c2)C1. The summed E-state index contributed by atoms with van der Waals surface area (Å²) in [5.41, 5.74) is 0.550. The van der Waals surface area contributed by atoms with Gasteiger partial charge in [-0.2, -0.15) is 5.26 Å². The molecule has 2 amide bonds. The van der Waals surface area contributed by atoms with Crippen LogP contribution in [0.15, 0.2) is 18.2 Å². The van der Waals surface area contributed by atoms with Gasteiger partial charge in [-0.15, -0.1) is 0 Å². The van der Waals surface area contributed by atoms with Crippen molar-refractivity contribution < 1.29 is 18.7 Å². The molecule has 1 N–H and O–H groups in total. The number of carbonyl (C=O) groups excluding carboxylic acids is 2. The Morgan fingerprint density at radius 1 is 1.27 bits per heavy atom. The molecule has 2 heterocycles. The van der Waals surface area contributed by atoms with Crippen molar-refractivity contribution in [3.05, 3.63) is 29.6 Å². The number of fused-ring (bicyclic) bond motifs is 2. The summed E-state index contributed by atoms with van der Waals surface area (Å²) in [5.74, 6) is -0.706. The number of likely N-dealkylation sites (N-methyl/N-ethyl adjacent to an activating group) is 1. The Kier molecular flexibility index (Phi) is 7.98. The number of amides is 2. The number of halogens is 1. The zero-order valence-electron chi connectivity index (χ0n) is 22.7. The Labute approximate surface area is 219 Å². The van der Waals surface area contributed by atoms with E-state index in [2.05, 4.69) is 35.3 Å². The lowest BCUT2D eigenvalue weighted by atomic mass is 9.97. The van der Waals surface area contributed by atoms with Gasteiger partial charge in [0.2, 0.25) is 5.91 Å². The summed E-state index contributed by atoms with van der Waals surface area (Å²) in [5, 5.41) is 12.5. The van der Waals surface area contributed by atoms with E-state index in [1.807, 2.05) is 6.07 Å². The number of hydrogen-bond donors (Lipinski definition) is 1. The van der Waals surface area contributed by atoms with Crippen molar-refractivity contribution in [1.82, 2.24) is 15.1 Å². The van der Waals surface area contributed by atoms with Crippen LogP contribution in [0.5, 0.6) is 0 Å². The molecule has 1 unspecified atom stereocenters. The lowest BCUT2D eigenvalue weighted by molar-refractivity contribution is -0.128. The standard InChI is InChI=1S/C28H40FN5O3/c1-28(2,3)37-27(36)34-22-11-9-19(14-22)25(34)26(35)31-20(16-30)13-18-8-10-21(15-24(18)29)33-12-6-7-23(17-33)32(4)5/h8,10,15,19-20,22-23,25H,6-7,9,11-14,17H2,1-5H3,(H,31,35)/t19-,20-,22+,23?,25-/m0/s1. The second-order valence-corrected chi connectivity index (χ2v) is 11.9. The van der Waals surface area contributed by atoms with Crippen molar-refractivity contribution in [3.63, 3.8) is 0 Å². The van der Waals surface area contributed by atoms with Gasteiger partial charge in [0.25, 0.3) is 0 Å². The van der Waals surface area contributed by atoms with Crippen LogP contribution in [0.25, 0.3) is 0 Å². The van der Waals surface area contributed by atoms with Gasteiger partial charge in [-0.05, 0) is 90.6 Å². The number of piperidine rings is 2. The molecular formula is C28H40FN5O3. The number of ether oxygens (including phenoxy) is 1. The molecule has 1 aliphatic carbocycles. The number of nitriles is 1. The van der Waals surface area contributed by atoms with Gasteiger partial charge in [-0.3, -0.25) is 9.69 Å². The number of anilines is 1. The number of nitrogens with one attached hydrogen (secondary N) is 1. The third-order valence-electron chi connectivity index (χ3n) is 7.88. The maximum absolute atomic E-state index is 15.1. The second kappa shape index (κ2) is 10.9. The smallest absolute Gasteiger partial charge is 0.411 e. The maximum Gasteiger partial charge on any atom is 0.411 e. The molecule has 0 radical (unpaired) electrons. The van der Waals surface area contributed by atoms with E-state index in [4.69, 9.17) is 4.74 Å². The van der Waals surface area contributed by atoms with E-state index < -0.39 is 23.8 Å². The molecule has 3 aliphatic rings. The second-order valence-electron chi connectivity index (χ2n) is 11.9. The molecule has 2 bridgehead atoms. The van der Waals surface area contributed by atoms with E-state index in [9.17, 15) is 14.9 Å². The van der Waals surface area contributed by atoms with Gasteiger partial charge in [-0.25, -0.2) is 9.18 Å². The summed E-state index contributed by atoms with van der Waals surface area (Å²) >= 11 is 0. The molecule has 1 aromatic rings. The Bertz CT molecular complexity index is 1050. The number of rotatable bonds is 6. The topological polar surface area (TPSA) is 88.9 Å². The highest BCUT2D eigenvalue weighted by Gasteiger charge is 2.52. The van der Waals surface area contributed by atoms with Gasteiger partial charge in [0.1, 0.15) is 23.5 Å². The molecule has 1 saturated carbocycles. The molecule has 1 aromatic carbocycles. The van der Waals surface area contributed by atoms with E-state index in [1.54, 1.807) is 31.7 Å². The van der Waals surface area contributed by atoms with Crippen molar-refractivity contribution in [2.45, 2.75) is 89.1 Å². The molecule has 3 fully saturated rings. The van der Waals surface area contributed by atoms with Crippen molar-refractivity contribution in [3.8, 4) is 6.07 Å². The Hall–Kier alpha value is -2.86. The van der Waals surface area contributed by atoms with Crippen molar-refractivity contribution >= 4 is 17.7 Å². The largest absolute Gasteiger partial charge is 0.444 e. The van der Waals surface area contributed by atoms with Crippen LogP contribution >= 0.6 is 0 Å². The molecule has 202 valence electrons.